The van der Waals surface area contributed by atoms with Crippen LogP contribution in [0.5, 0.6) is 0 Å². The highest BCUT2D eigenvalue weighted by Gasteiger charge is 2.22. The first-order chi connectivity index (χ1) is 11.3. The maximum absolute atomic E-state index is 5.31. The van der Waals surface area contributed by atoms with Crippen LogP contribution in [0.2, 0.25) is 0 Å². The molecule has 2 aromatic heterocycles. The van der Waals surface area contributed by atoms with Crippen LogP contribution in [0.1, 0.15) is 23.8 Å². The van der Waals surface area contributed by atoms with Gasteiger partial charge in [0, 0.05) is 26.6 Å². The molecule has 1 unspecified atom stereocenters. The van der Waals surface area contributed by atoms with Gasteiger partial charge in [-0.2, -0.15) is 5.10 Å². The van der Waals surface area contributed by atoms with Crippen molar-refractivity contribution in [1.29, 1.82) is 0 Å². The van der Waals surface area contributed by atoms with E-state index in [2.05, 4.69) is 25.7 Å². The Bertz CT molecular complexity index is 649. The summed E-state index contributed by atoms with van der Waals surface area (Å²) in [5, 5.41) is 11.2. The van der Waals surface area contributed by atoms with Gasteiger partial charge in [0.1, 0.15) is 18.2 Å². The van der Waals surface area contributed by atoms with Crippen LogP contribution in [0.15, 0.2) is 27.8 Å². The minimum absolute atomic E-state index is 0.266. The molecule has 23 heavy (non-hydrogen) atoms. The number of ether oxygens (including phenoxy) is 1. The van der Waals surface area contributed by atoms with Gasteiger partial charge in [0.2, 0.25) is 0 Å². The Balaban J connectivity index is 1.55. The van der Waals surface area contributed by atoms with Crippen LogP contribution in [0.25, 0.3) is 0 Å². The number of furan rings is 1. The molecule has 1 aliphatic heterocycles. The van der Waals surface area contributed by atoms with Gasteiger partial charge in [-0.05, 0) is 18.6 Å². The maximum atomic E-state index is 5.31. The largest absolute Gasteiger partial charge is 0.467 e. The van der Waals surface area contributed by atoms with Gasteiger partial charge in [-0.15, -0.1) is 0 Å². The fraction of sp³-hybridized carbons (Fsp3) is 0.533. The number of aliphatic imine (C=N–C) groups is 1. The van der Waals surface area contributed by atoms with Crippen molar-refractivity contribution in [3.63, 3.8) is 0 Å². The molecule has 0 saturated heterocycles. The highest BCUT2D eigenvalue weighted by molar-refractivity contribution is 5.79. The monoisotopic (exact) mass is 318 g/mol. The molecule has 3 heterocycles. The molecule has 0 aliphatic carbocycles. The quantitative estimate of drug-likeness (QED) is 0.623. The molecule has 0 saturated carbocycles. The van der Waals surface area contributed by atoms with E-state index < -0.39 is 0 Å². The number of nitrogens with one attached hydrogen (secondary N) is 2. The van der Waals surface area contributed by atoms with Gasteiger partial charge in [-0.3, -0.25) is 4.99 Å². The van der Waals surface area contributed by atoms with Crippen LogP contribution >= 0.6 is 0 Å². The molecular formula is C15H22N6O2. The Morgan fingerprint density at radius 2 is 2.48 bits per heavy atom. The lowest BCUT2D eigenvalue weighted by atomic mass is 10.1. The van der Waals surface area contributed by atoms with Gasteiger partial charge < -0.3 is 19.8 Å². The smallest absolute Gasteiger partial charge is 0.191 e. The van der Waals surface area contributed by atoms with Crippen molar-refractivity contribution in [2.45, 2.75) is 38.6 Å². The van der Waals surface area contributed by atoms with Crippen LogP contribution in [0.4, 0.5) is 0 Å². The zero-order valence-corrected chi connectivity index (χ0v) is 13.5. The van der Waals surface area contributed by atoms with Crippen LogP contribution in [-0.2, 0) is 30.9 Å². The summed E-state index contributed by atoms with van der Waals surface area (Å²) in [6.07, 6.45) is 3.55. The van der Waals surface area contributed by atoms with Gasteiger partial charge in [0.05, 0.1) is 19.4 Å². The summed E-state index contributed by atoms with van der Waals surface area (Å²) in [4.78, 5) is 8.74. The van der Waals surface area contributed by atoms with Crippen LogP contribution in [-0.4, -0.2) is 40.9 Å². The predicted octanol–water partition coefficient (Wildman–Crippen LogP) is 0.697. The number of guanidine groups is 1. The first-order valence-electron chi connectivity index (χ1n) is 7.69. The lowest BCUT2D eigenvalue weighted by molar-refractivity contribution is 0.177. The van der Waals surface area contributed by atoms with Crippen LogP contribution in [0.3, 0.4) is 0 Å². The first-order valence-corrected chi connectivity index (χ1v) is 7.69. The van der Waals surface area contributed by atoms with E-state index in [0.717, 1.165) is 42.8 Å². The Hall–Kier alpha value is -2.35. The van der Waals surface area contributed by atoms with Crippen molar-refractivity contribution in [2.75, 3.05) is 14.2 Å². The molecule has 1 atom stereocenters. The summed E-state index contributed by atoms with van der Waals surface area (Å²) in [6.45, 7) is 1.82. The van der Waals surface area contributed by atoms with Gasteiger partial charge in [0.25, 0.3) is 0 Å². The number of aromatic nitrogens is 3. The number of nitrogens with zero attached hydrogens (tertiary/aromatic N) is 4. The van der Waals surface area contributed by atoms with Crippen molar-refractivity contribution in [3.05, 3.63) is 35.8 Å². The minimum atomic E-state index is 0.266. The average molecular weight is 318 g/mol. The van der Waals surface area contributed by atoms with Gasteiger partial charge >= 0.3 is 0 Å². The summed E-state index contributed by atoms with van der Waals surface area (Å²) in [6, 6.07) is 4.07. The summed E-state index contributed by atoms with van der Waals surface area (Å²) >= 11 is 0. The molecule has 0 radical (unpaired) electrons. The van der Waals surface area contributed by atoms with Crippen LogP contribution < -0.4 is 10.6 Å². The Kier molecular flexibility index (Phi) is 4.92. The number of hydrogen-bond donors (Lipinski definition) is 2. The summed E-state index contributed by atoms with van der Waals surface area (Å²) < 4.78 is 12.4. The third-order valence-corrected chi connectivity index (χ3v) is 3.75. The molecule has 0 spiro atoms. The Labute approximate surface area is 134 Å². The summed E-state index contributed by atoms with van der Waals surface area (Å²) in [5.41, 5.74) is 0. The molecule has 0 aromatic carbocycles. The SMILES string of the molecule is CN=C(NCc1ccco1)NC1CCc2nc(COC)nn2C1. The van der Waals surface area contributed by atoms with Crippen molar-refractivity contribution in [2.24, 2.45) is 4.99 Å². The summed E-state index contributed by atoms with van der Waals surface area (Å²) in [5.74, 6) is 3.39. The number of rotatable bonds is 5. The highest BCUT2D eigenvalue weighted by Crippen LogP contribution is 2.13. The Morgan fingerprint density at radius 1 is 1.57 bits per heavy atom. The number of methoxy groups -OCH3 is 1. The van der Waals surface area contributed by atoms with E-state index in [1.165, 1.54) is 0 Å². The number of fused-ring (bicyclic) bond motifs is 1. The summed E-state index contributed by atoms with van der Waals surface area (Å²) in [7, 11) is 3.41. The van der Waals surface area contributed by atoms with Crippen LogP contribution in [0, 0.1) is 0 Å². The zero-order valence-electron chi connectivity index (χ0n) is 13.5. The van der Waals surface area contributed by atoms with Crippen molar-refractivity contribution in [3.8, 4) is 0 Å². The maximum Gasteiger partial charge on any atom is 0.191 e. The van der Waals surface area contributed by atoms with Crippen molar-refractivity contribution >= 4 is 5.96 Å². The fourth-order valence-electron chi connectivity index (χ4n) is 2.64. The molecule has 2 aromatic rings. The predicted molar refractivity (Wildman–Crippen MR) is 84.9 cm³/mol. The highest BCUT2D eigenvalue weighted by atomic mass is 16.5. The van der Waals surface area contributed by atoms with E-state index in [4.69, 9.17) is 9.15 Å². The molecule has 0 fully saturated rings. The van der Waals surface area contributed by atoms with Gasteiger partial charge in [-0.1, -0.05) is 0 Å². The average Bonchev–Trinajstić information content (AvgIpc) is 3.20. The van der Waals surface area contributed by atoms with E-state index in [0.29, 0.717) is 13.2 Å². The van der Waals surface area contributed by atoms with E-state index in [-0.39, 0.29) is 6.04 Å². The van der Waals surface area contributed by atoms with Gasteiger partial charge in [0.15, 0.2) is 11.8 Å². The second-order valence-corrected chi connectivity index (χ2v) is 5.44. The van der Waals surface area contributed by atoms with E-state index >= 15 is 0 Å². The standard InChI is InChI=1S/C15H22N6O2/c1-16-15(17-8-12-4-3-7-23-12)18-11-5-6-14-19-13(10-22-2)20-21(14)9-11/h3-4,7,11H,5-6,8-10H2,1-2H3,(H2,16,17,18). The lowest BCUT2D eigenvalue weighted by Gasteiger charge is -2.25. The zero-order chi connectivity index (χ0) is 16.1. The van der Waals surface area contributed by atoms with E-state index in [9.17, 15) is 0 Å². The molecule has 2 N–H and O–H groups in total. The lowest BCUT2D eigenvalue weighted by Crippen LogP contribution is -2.46. The number of aryl methyl sites for hydroxylation is 1. The molecular weight excluding hydrogens is 296 g/mol. The minimum Gasteiger partial charge on any atom is -0.467 e. The van der Waals surface area contributed by atoms with Gasteiger partial charge in [-0.25, -0.2) is 9.67 Å². The molecule has 1 aliphatic rings. The topological polar surface area (TPSA) is 89.5 Å². The molecule has 0 amide bonds. The normalized spacial score (nSPS) is 17.8. The third kappa shape index (κ3) is 3.89. The second-order valence-electron chi connectivity index (χ2n) is 5.44. The third-order valence-electron chi connectivity index (χ3n) is 3.75. The molecule has 8 nitrogen and oxygen atoms in total. The van der Waals surface area contributed by atoms with Crippen molar-refractivity contribution < 1.29 is 9.15 Å². The molecule has 124 valence electrons. The molecule has 3 rings (SSSR count). The van der Waals surface area contributed by atoms with E-state index in [1.807, 2.05) is 16.8 Å². The fourth-order valence-corrected chi connectivity index (χ4v) is 2.64. The molecule has 8 heteroatoms. The first kappa shape index (κ1) is 15.5. The van der Waals surface area contributed by atoms with E-state index in [1.54, 1.807) is 20.4 Å². The number of hydrogen-bond acceptors (Lipinski definition) is 5. The molecule has 0 bridgehead atoms. The van der Waals surface area contributed by atoms with Crippen molar-refractivity contribution in [1.82, 2.24) is 25.4 Å². The second kappa shape index (κ2) is 7.28. The Morgan fingerprint density at radius 3 is 3.22 bits per heavy atom.